The van der Waals surface area contributed by atoms with Gasteiger partial charge in [-0.1, -0.05) is 20.3 Å². The van der Waals surface area contributed by atoms with Gasteiger partial charge in [-0.2, -0.15) is 0 Å². The van der Waals surface area contributed by atoms with Crippen molar-refractivity contribution in [1.29, 1.82) is 0 Å². The maximum Gasteiger partial charge on any atom is 0.305 e. The molecule has 0 aliphatic rings. The quantitative estimate of drug-likeness (QED) is 0.579. The molecule has 2 N–H and O–H groups in total. The highest BCUT2D eigenvalue weighted by Crippen LogP contribution is 2.10. The second kappa shape index (κ2) is 5.57. The summed E-state index contributed by atoms with van der Waals surface area (Å²) in [6.07, 6.45) is 1.41. The molecule has 0 radical (unpaired) electrons. The van der Waals surface area contributed by atoms with Crippen LogP contribution in [0.5, 0.6) is 0 Å². The predicted molar refractivity (Wildman–Crippen MR) is 44.7 cm³/mol. The number of carboxylic acid groups (broad SMARTS) is 1. The maximum atomic E-state index is 10.3. The molecule has 0 aromatic rings. The van der Waals surface area contributed by atoms with Gasteiger partial charge in [0.25, 0.3) is 0 Å². The van der Waals surface area contributed by atoms with E-state index in [1.54, 1.807) is 0 Å². The van der Waals surface area contributed by atoms with Crippen molar-refractivity contribution in [3.63, 3.8) is 0 Å². The lowest BCUT2D eigenvalue weighted by atomic mass is 9.97. The summed E-state index contributed by atoms with van der Waals surface area (Å²) < 4.78 is 0. The molecule has 0 aliphatic carbocycles. The highest BCUT2D eigenvalue weighted by Gasteiger charge is 2.17. The van der Waals surface area contributed by atoms with Crippen LogP contribution in [0.3, 0.4) is 0 Å². The first-order chi connectivity index (χ1) is 5.61. The molecule has 4 heteroatoms. The Morgan fingerprint density at radius 1 is 1.67 bits per heavy atom. The second-order valence-corrected chi connectivity index (χ2v) is 2.87. The Morgan fingerprint density at radius 2 is 2.25 bits per heavy atom. The Labute approximate surface area is 72.0 Å². The monoisotopic (exact) mass is 173 g/mol. The van der Waals surface area contributed by atoms with Crippen LogP contribution in [0.4, 0.5) is 0 Å². The largest absolute Gasteiger partial charge is 0.481 e. The minimum absolute atomic E-state index is 0.00620. The third kappa shape index (κ3) is 3.95. The van der Waals surface area contributed by atoms with Gasteiger partial charge in [-0.25, -0.2) is 0 Å². The number of aliphatic carboxylic acids is 1. The van der Waals surface area contributed by atoms with E-state index in [0.717, 1.165) is 6.42 Å². The van der Waals surface area contributed by atoms with Gasteiger partial charge in [-0.15, -0.1) is 0 Å². The summed E-state index contributed by atoms with van der Waals surface area (Å²) in [7, 11) is 0. The van der Waals surface area contributed by atoms with Crippen molar-refractivity contribution in [2.75, 3.05) is 0 Å². The molecule has 0 spiro atoms. The van der Waals surface area contributed by atoms with Crippen molar-refractivity contribution in [3.8, 4) is 0 Å². The molecule has 0 saturated carbocycles. The van der Waals surface area contributed by atoms with Gasteiger partial charge in [0, 0.05) is 6.04 Å². The van der Waals surface area contributed by atoms with E-state index in [2.05, 4.69) is 5.32 Å². The number of hydrogen-bond donors (Lipinski definition) is 2. The highest BCUT2D eigenvalue weighted by molar-refractivity contribution is 5.68. The van der Waals surface area contributed by atoms with Crippen molar-refractivity contribution in [3.05, 3.63) is 0 Å². The molecule has 4 nitrogen and oxygen atoms in total. The van der Waals surface area contributed by atoms with Crippen LogP contribution in [0.15, 0.2) is 0 Å². The highest BCUT2D eigenvalue weighted by atomic mass is 16.4. The van der Waals surface area contributed by atoms with Crippen molar-refractivity contribution in [2.45, 2.75) is 32.7 Å². The standard InChI is InChI=1S/C8H15NO3/c1-3-6(2)7(9-5-10)4-8(11)12/h5-7H,3-4H2,1-2H3,(H,9,10)(H,11,12)/t6?,7-/m0/s1. The fourth-order valence-electron chi connectivity index (χ4n) is 0.984. The lowest BCUT2D eigenvalue weighted by Gasteiger charge is -2.19. The third-order valence-electron chi connectivity index (χ3n) is 2.01. The zero-order valence-electron chi connectivity index (χ0n) is 7.41. The Bertz CT molecular complexity index is 158. The van der Waals surface area contributed by atoms with Crippen LogP contribution in [0.1, 0.15) is 26.7 Å². The first-order valence-electron chi connectivity index (χ1n) is 4.03. The van der Waals surface area contributed by atoms with Crippen molar-refractivity contribution >= 4 is 12.4 Å². The van der Waals surface area contributed by atoms with E-state index >= 15 is 0 Å². The van der Waals surface area contributed by atoms with E-state index in [0.29, 0.717) is 6.41 Å². The number of carbonyl (C=O) groups excluding carboxylic acids is 1. The molecular weight excluding hydrogens is 158 g/mol. The molecule has 2 atom stereocenters. The second-order valence-electron chi connectivity index (χ2n) is 2.87. The van der Waals surface area contributed by atoms with Crippen LogP contribution in [-0.2, 0) is 9.59 Å². The number of carbonyl (C=O) groups is 2. The minimum Gasteiger partial charge on any atom is -0.481 e. The maximum absolute atomic E-state index is 10.3. The van der Waals surface area contributed by atoms with Gasteiger partial charge in [-0.05, 0) is 5.92 Å². The summed E-state index contributed by atoms with van der Waals surface area (Å²) in [4.78, 5) is 20.5. The minimum atomic E-state index is -0.880. The Morgan fingerprint density at radius 3 is 2.58 bits per heavy atom. The first kappa shape index (κ1) is 10.9. The van der Waals surface area contributed by atoms with E-state index in [-0.39, 0.29) is 18.4 Å². The zero-order valence-corrected chi connectivity index (χ0v) is 7.41. The predicted octanol–water partition coefficient (Wildman–Crippen LogP) is 0.622. The average molecular weight is 173 g/mol. The third-order valence-corrected chi connectivity index (χ3v) is 2.01. The van der Waals surface area contributed by atoms with Crippen LogP contribution in [0, 0.1) is 5.92 Å². The molecule has 70 valence electrons. The topological polar surface area (TPSA) is 66.4 Å². The van der Waals surface area contributed by atoms with E-state index in [9.17, 15) is 9.59 Å². The molecule has 12 heavy (non-hydrogen) atoms. The molecule has 1 amide bonds. The number of nitrogens with one attached hydrogen (secondary N) is 1. The van der Waals surface area contributed by atoms with Gasteiger partial charge < -0.3 is 10.4 Å². The molecule has 0 aromatic heterocycles. The molecule has 0 aliphatic heterocycles. The van der Waals surface area contributed by atoms with Crippen LogP contribution < -0.4 is 5.32 Å². The van der Waals surface area contributed by atoms with Crippen LogP contribution in [-0.4, -0.2) is 23.5 Å². The molecule has 1 unspecified atom stereocenters. The zero-order chi connectivity index (χ0) is 9.56. The summed E-state index contributed by atoms with van der Waals surface area (Å²) >= 11 is 0. The Hall–Kier alpha value is -1.06. The SMILES string of the molecule is CCC(C)[C@H](CC(=O)O)NC=O. The lowest BCUT2D eigenvalue weighted by Crippen LogP contribution is -2.35. The number of hydrogen-bond acceptors (Lipinski definition) is 2. The number of carboxylic acids is 1. The van der Waals surface area contributed by atoms with Gasteiger partial charge >= 0.3 is 5.97 Å². The molecule has 0 fully saturated rings. The van der Waals surface area contributed by atoms with Gasteiger partial charge in [0.2, 0.25) is 6.41 Å². The van der Waals surface area contributed by atoms with Crippen LogP contribution >= 0.6 is 0 Å². The summed E-state index contributed by atoms with van der Waals surface area (Å²) in [5.41, 5.74) is 0. The summed E-state index contributed by atoms with van der Waals surface area (Å²) in [5, 5.41) is 11.0. The molecule has 0 bridgehead atoms. The van der Waals surface area contributed by atoms with Gasteiger partial charge in [-0.3, -0.25) is 9.59 Å². The molecular formula is C8H15NO3. The normalized spacial score (nSPS) is 14.8. The van der Waals surface area contributed by atoms with Crippen LogP contribution in [0.2, 0.25) is 0 Å². The van der Waals surface area contributed by atoms with E-state index in [1.807, 2.05) is 13.8 Å². The molecule has 0 saturated heterocycles. The Balaban J connectivity index is 4.01. The van der Waals surface area contributed by atoms with Crippen LogP contribution in [0.25, 0.3) is 0 Å². The number of amides is 1. The Kier molecular flexibility index (Phi) is 5.08. The van der Waals surface area contributed by atoms with Gasteiger partial charge in [0.1, 0.15) is 0 Å². The molecule has 0 aromatic carbocycles. The van der Waals surface area contributed by atoms with E-state index in [1.165, 1.54) is 0 Å². The first-order valence-corrected chi connectivity index (χ1v) is 4.03. The van der Waals surface area contributed by atoms with Crippen molar-refractivity contribution < 1.29 is 14.7 Å². The summed E-state index contributed by atoms with van der Waals surface area (Å²) in [5.74, 6) is -0.680. The van der Waals surface area contributed by atoms with Gasteiger partial charge in [0.15, 0.2) is 0 Å². The van der Waals surface area contributed by atoms with E-state index in [4.69, 9.17) is 5.11 Å². The van der Waals surface area contributed by atoms with E-state index < -0.39 is 5.97 Å². The van der Waals surface area contributed by atoms with Gasteiger partial charge in [0.05, 0.1) is 6.42 Å². The molecule has 0 heterocycles. The van der Waals surface area contributed by atoms with Crippen molar-refractivity contribution in [1.82, 2.24) is 5.32 Å². The lowest BCUT2D eigenvalue weighted by molar-refractivity contribution is -0.137. The fourth-order valence-corrected chi connectivity index (χ4v) is 0.984. The number of rotatable bonds is 6. The van der Waals surface area contributed by atoms with Crippen molar-refractivity contribution in [2.24, 2.45) is 5.92 Å². The summed E-state index contributed by atoms with van der Waals surface area (Å²) in [6, 6.07) is -0.245. The average Bonchev–Trinajstić information content (AvgIpc) is 2.01. The smallest absolute Gasteiger partial charge is 0.305 e. The molecule has 0 rings (SSSR count). The fraction of sp³-hybridized carbons (Fsp3) is 0.750. The summed E-state index contributed by atoms with van der Waals surface area (Å²) in [6.45, 7) is 3.89.